The number of hydrogen-bond donors (Lipinski definition) is 0. The molecule has 0 nitrogen and oxygen atoms in total. The van der Waals surface area contributed by atoms with E-state index in [0.717, 1.165) is 18.2 Å². The highest BCUT2D eigenvalue weighted by Crippen LogP contribution is 2.70. The van der Waals surface area contributed by atoms with Gasteiger partial charge in [0.1, 0.15) is 0 Å². The Balaban J connectivity index is 4.44. The number of hydrogen-bond acceptors (Lipinski definition) is 0. The molecule has 0 fully saturated rings. The first-order valence-corrected chi connectivity index (χ1v) is 20.0. The van der Waals surface area contributed by atoms with Gasteiger partial charge in [0.05, 0.1) is 0 Å². The Hall–Kier alpha value is 7.05. The summed E-state index contributed by atoms with van der Waals surface area (Å²) in [7, 11) is 0. The average Bonchev–Trinajstić information content (AvgIpc) is 2.80. The molecule has 0 N–H and O–H groups in total. The van der Waals surface area contributed by atoms with Crippen molar-refractivity contribution in [3.05, 3.63) is 34.9 Å². The molecular weight excluding hydrogens is 1170 g/mol. The Bertz CT molecular complexity index is 1070. The van der Waals surface area contributed by atoms with Gasteiger partial charge in [-0.25, -0.2) is 0 Å². The fourth-order valence-corrected chi connectivity index (χ4v) is 9.43. The van der Waals surface area contributed by atoms with Gasteiger partial charge in [-0.3, -0.25) is 0 Å². The van der Waals surface area contributed by atoms with Crippen LogP contribution in [0.2, 0.25) is 0 Å². The zero-order valence-corrected chi connectivity index (χ0v) is 39.8. The average molecular weight is 1180 g/mol. The molecule has 0 unspecified atom stereocenters. The van der Waals surface area contributed by atoms with Crippen LogP contribution in [0.25, 0.3) is 0 Å². The van der Waals surface area contributed by atoms with Gasteiger partial charge in [0.15, 0.2) is 26.0 Å². The number of rotatable bonds is 9. The lowest BCUT2D eigenvalue weighted by Crippen LogP contribution is -2.56. The van der Waals surface area contributed by atoms with E-state index in [0.29, 0.717) is 0 Å². The van der Waals surface area contributed by atoms with Gasteiger partial charge in [0.2, 0.25) is 24.4 Å². The molecule has 0 amide bonds. The molecule has 0 heterocycles. The molecule has 0 atom stereocenters. The maximum absolute atomic E-state index is 6.66. The quantitative estimate of drug-likeness (QED) is 0.216. The molecule has 0 aliphatic carbocycles. The SMILES string of the molecule is ClC(Cl)(Cl)C(Cl)(Cl)C(Cl)(Cl)C(Cl)(Cl)c1cc(C(Cl)(Cl)C(Cl)(Cl)C(Cl)(Cl)C(Cl)(Cl)Cl)cc(C(Cl)(Cl)C(Cl)(Cl)C(Cl)(Cl)C(Cl)(Cl)Cl)c1. The van der Waals surface area contributed by atoms with E-state index < -0.39 is 67.1 Å². The molecule has 27 heteroatoms. The van der Waals surface area contributed by atoms with Crippen molar-refractivity contribution in [2.45, 2.75) is 50.4 Å². The van der Waals surface area contributed by atoms with Crippen molar-refractivity contribution in [2.24, 2.45) is 0 Å². The smallest absolute Gasteiger partial charge is 0.0943 e. The molecule has 0 saturated carbocycles. The summed E-state index contributed by atoms with van der Waals surface area (Å²) >= 11 is 170. The van der Waals surface area contributed by atoms with Crippen molar-refractivity contribution >= 4 is 313 Å². The van der Waals surface area contributed by atoms with Gasteiger partial charge in [-0.15, -0.1) is 0 Å². The van der Waals surface area contributed by atoms with Crippen LogP contribution in [0.4, 0.5) is 0 Å². The van der Waals surface area contributed by atoms with E-state index in [2.05, 4.69) is 0 Å². The van der Waals surface area contributed by atoms with Crippen LogP contribution < -0.4 is 0 Å². The van der Waals surface area contributed by atoms with Crippen molar-refractivity contribution in [3.8, 4) is 0 Å². The van der Waals surface area contributed by atoms with Crippen LogP contribution in [-0.2, 0) is 13.0 Å². The summed E-state index contributed by atoms with van der Waals surface area (Å²) in [6.45, 7) is 0. The first-order valence-electron chi connectivity index (χ1n) is 9.83. The van der Waals surface area contributed by atoms with Gasteiger partial charge in [0, 0.05) is 0 Å². The summed E-state index contributed by atoms with van der Waals surface area (Å²) in [5, 5.41) is 0. The summed E-state index contributed by atoms with van der Waals surface area (Å²) in [6, 6.07) is 2.76. The van der Waals surface area contributed by atoms with Crippen LogP contribution in [0, 0.1) is 0 Å². The lowest BCUT2D eigenvalue weighted by atomic mass is 9.93. The van der Waals surface area contributed by atoms with Crippen LogP contribution in [-0.4, -0.2) is 37.4 Å². The summed E-state index contributed by atoms with van der Waals surface area (Å²) < 4.78 is -33.7. The van der Waals surface area contributed by atoms with E-state index in [4.69, 9.17) is 313 Å². The van der Waals surface area contributed by atoms with E-state index in [1.165, 1.54) is 0 Å². The van der Waals surface area contributed by atoms with E-state index in [1.54, 1.807) is 0 Å². The summed E-state index contributed by atoms with van der Waals surface area (Å²) in [5.74, 6) is 0. The lowest BCUT2D eigenvalue weighted by molar-refractivity contribution is 0.579. The van der Waals surface area contributed by atoms with Crippen LogP contribution in [0.5, 0.6) is 0 Å². The van der Waals surface area contributed by atoms with Gasteiger partial charge in [-0.05, 0) is 34.9 Å². The molecule has 0 aliphatic rings. The molecule has 1 aromatic rings. The maximum atomic E-state index is 6.66. The van der Waals surface area contributed by atoms with Gasteiger partial charge in [-0.2, -0.15) is 0 Å². The third kappa shape index (κ3) is 8.81. The highest BCUT2D eigenvalue weighted by Gasteiger charge is 2.72. The monoisotopic (exact) mass is 1160 g/mol. The van der Waals surface area contributed by atoms with Crippen LogP contribution >= 0.6 is 313 Å². The number of alkyl halides is 27. The second-order valence-electron chi connectivity index (χ2n) is 8.46. The van der Waals surface area contributed by atoms with Gasteiger partial charge < -0.3 is 0 Å². The highest BCUT2D eigenvalue weighted by atomic mass is 35.6. The minimum atomic E-state index is -2.91. The Morgan fingerprint density at radius 3 is 0.467 bits per heavy atom. The fraction of sp³-hybridized carbons (Fsp3) is 0.667. The Labute approximate surface area is 392 Å². The minimum Gasteiger partial charge on any atom is -0.0943 e. The third-order valence-corrected chi connectivity index (χ3v) is 21.9. The van der Waals surface area contributed by atoms with Gasteiger partial charge >= 0.3 is 0 Å². The summed E-state index contributed by atoms with van der Waals surface area (Å²) in [5.41, 5.74) is -1.62. The zero-order valence-electron chi connectivity index (χ0n) is 19.4. The third-order valence-electron chi connectivity index (χ3n) is 5.45. The van der Waals surface area contributed by atoms with Crippen LogP contribution in [0.1, 0.15) is 16.7 Å². The van der Waals surface area contributed by atoms with E-state index in [1.807, 2.05) is 0 Å². The second-order valence-corrected chi connectivity index (χ2v) is 27.3. The number of benzene rings is 1. The van der Waals surface area contributed by atoms with Gasteiger partial charge in [0.25, 0.3) is 0 Å². The zero-order chi connectivity index (χ0) is 36.9. The highest BCUT2D eigenvalue weighted by molar-refractivity contribution is 6.82. The van der Waals surface area contributed by atoms with E-state index in [9.17, 15) is 0 Å². The molecule has 264 valence electrons. The molecule has 0 radical (unpaired) electrons. The first-order chi connectivity index (χ1) is 19.1. The minimum absolute atomic E-state index is 0.542. The molecule has 45 heavy (non-hydrogen) atoms. The van der Waals surface area contributed by atoms with Crippen molar-refractivity contribution in [3.63, 3.8) is 0 Å². The maximum Gasteiger partial charge on any atom is 0.226 e. The normalized spacial score (nSPS) is 16.3. The molecular formula is C18H3Cl27. The van der Waals surface area contributed by atoms with Crippen molar-refractivity contribution < 1.29 is 0 Å². The fourth-order valence-electron chi connectivity index (χ4n) is 2.84. The Morgan fingerprint density at radius 2 is 0.356 bits per heavy atom. The topological polar surface area (TPSA) is 0 Å². The Morgan fingerprint density at radius 1 is 0.222 bits per heavy atom. The molecule has 0 aromatic heterocycles. The molecule has 0 saturated heterocycles. The van der Waals surface area contributed by atoms with E-state index >= 15 is 0 Å². The van der Waals surface area contributed by atoms with Gasteiger partial charge in [-0.1, -0.05) is 313 Å². The van der Waals surface area contributed by atoms with Crippen LogP contribution in [0.3, 0.4) is 0 Å². The van der Waals surface area contributed by atoms with Crippen molar-refractivity contribution in [2.75, 3.05) is 0 Å². The van der Waals surface area contributed by atoms with Crippen LogP contribution in [0.15, 0.2) is 18.2 Å². The number of halogens is 27. The largest absolute Gasteiger partial charge is 0.226 e. The molecule has 0 bridgehead atoms. The molecule has 0 spiro atoms. The first kappa shape index (κ1) is 50.1. The molecule has 1 rings (SSSR count). The second kappa shape index (κ2) is 15.4. The van der Waals surface area contributed by atoms with Crippen molar-refractivity contribution in [1.82, 2.24) is 0 Å². The molecule has 1 aromatic carbocycles. The van der Waals surface area contributed by atoms with E-state index in [-0.39, 0.29) is 0 Å². The standard InChI is InChI=1S/C18H3Cl27/c19-7(20,10(25,26)13(31,32)16(37,38)39)4-1-5(8(21,22)11(27,28)14(33,34)17(40,41)42)3-6(2-4)9(23,24)12(29,30)15(35,36)18(43,44)45/h1-3H. The predicted molar refractivity (Wildman–Crippen MR) is 214 cm³/mol. The van der Waals surface area contributed by atoms with Crippen molar-refractivity contribution in [1.29, 1.82) is 0 Å². The summed E-state index contributed by atoms with van der Waals surface area (Å²) in [4.78, 5) is 0. The Kier molecular flexibility index (Phi) is 17.2. The predicted octanol–water partition coefficient (Wildman–Crippen LogP) is 17.7. The molecule has 0 aliphatic heterocycles. The lowest BCUT2D eigenvalue weighted by Gasteiger charge is -2.47. The summed E-state index contributed by atoms with van der Waals surface area (Å²) in [6.07, 6.45) is 0.